The first-order valence-corrected chi connectivity index (χ1v) is 9.44. The average Bonchev–Trinajstić information content (AvgIpc) is 2.62. The molecule has 5 nitrogen and oxygen atoms in total. The smallest absolute Gasteiger partial charge is 0.338 e. The zero-order valence-corrected chi connectivity index (χ0v) is 17.1. The molecule has 0 heterocycles. The van der Waals surface area contributed by atoms with E-state index in [-0.39, 0.29) is 18.1 Å². The largest absolute Gasteiger partial charge is 0.465 e. The number of hydrogen-bond acceptors (Lipinski definition) is 5. The molecular formula is C22H32O5. The highest BCUT2D eigenvalue weighted by molar-refractivity contribution is 5.94. The summed E-state index contributed by atoms with van der Waals surface area (Å²) >= 11 is 0. The molecule has 2 atom stereocenters. The van der Waals surface area contributed by atoms with Gasteiger partial charge in [0, 0.05) is 25.4 Å². The van der Waals surface area contributed by atoms with Crippen LogP contribution in [-0.4, -0.2) is 43.3 Å². The first-order valence-electron chi connectivity index (χ1n) is 9.44. The van der Waals surface area contributed by atoms with Crippen molar-refractivity contribution in [3.05, 3.63) is 33.2 Å². The molecule has 0 bridgehead atoms. The minimum Gasteiger partial charge on any atom is -0.465 e. The van der Waals surface area contributed by atoms with Crippen LogP contribution < -0.4 is 10.4 Å². The van der Waals surface area contributed by atoms with Crippen LogP contribution >= 0.6 is 0 Å². The van der Waals surface area contributed by atoms with E-state index >= 15 is 0 Å². The highest BCUT2D eigenvalue weighted by atomic mass is 16.5. The number of esters is 1. The molecule has 0 saturated heterocycles. The van der Waals surface area contributed by atoms with Crippen molar-refractivity contribution in [2.45, 2.75) is 53.1 Å². The van der Waals surface area contributed by atoms with Crippen LogP contribution in [0.3, 0.4) is 0 Å². The van der Waals surface area contributed by atoms with Crippen LogP contribution in [0, 0.1) is 12.8 Å². The molecular weight excluding hydrogens is 344 g/mol. The van der Waals surface area contributed by atoms with E-state index in [2.05, 4.69) is 6.58 Å². The summed E-state index contributed by atoms with van der Waals surface area (Å²) in [6.45, 7) is 12.5. The number of hydrogen-bond donors (Lipinski definition) is 1. The summed E-state index contributed by atoms with van der Waals surface area (Å²) in [6, 6.07) is 1.84. The van der Waals surface area contributed by atoms with Crippen LogP contribution in [0.4, 0.5) is 0 Å². The lowest BCUT2D eigenvalue weighted by molar-refractivity contribution is -0.118. The van der Waals surface area contributed by atoms with Crippen LogP contribution in [0.25, 0.3) is 12.7 Å². The van der Waals surface area contributed by atoms with Crippen LogP contribution in [0.2, 0.25) is 0 Å². The van der Waals surface area contributed by atoms with Crippen LogP contribution in [0.1, 0.15) is 55.1 Å². The molecule has 0 amide bonds. The molecule has 1 rings (SSSR count). The van der Waals surface area contributed by atoms with Gasteiger partial charge in [0.2, 0.25) is 0 Å². The van der Waals surface area contributed by atoms with E-state index in [4.69, 9.17) is 9.47 Å². The number of benzene rings is 1. The van der Waals surface area contributed by atoms with Gasteiger partial charge in [-0.05, 0) is 48.8 Å². The van der Waals surface area contributed by atoms with Gasteiger partial charge in [-0.15, -0.1) is 0 Å². The summed E-state index contributed by atoms with van der Waals surface area (Å²) in [4.78, 5) is 24.3. The monoisotopic (exact) mass is 376 g/mol. The number of Topliss-reactive ketones (excluding diaryl/α,β-unsaturated/α-hetero) is 1. The summed E-state index contributed by atoms with van der Waals surface area (Å²) in [5.74, 6) is -0.404. The maximum Gasteiger partial charge on any atom is 0.338 e. The fourth-order valence-electron chi connectivity index (χ4n) is 3.11. The number of carbonyl (C=O) groups excluding carboxylic acids is 2. The Balaban J connectivity index is 3.55. The number of carbonyl (C=O) groups is 2. The maximum absolute atomic E-state index is 12.3. The van der Waals surface area contributed by atoms with Gasteiger partial charge < -0.3 is 14.6 Å². The molecule has 0 radical (unpaired) electrons. The third-order valence-corrected chi connectivity index (χ3v) is 4.59. The molecule has 1 aromatic rings. The molecule has 0 fully saturated rings. The van der Waals surface area contributed by atoms with E-state index in [1.54, 1.807) is 13.8 Å². The summed E-state index contributed by atoms with van der Waals surface area (Å²) < 4.78 is 10.5. The van der Waals surface area contributed by atoms with E-state index in [0.717, 1.165) is 10.4 Å². The summed E-state index contributed by atoms with van der Waals surface area (Å²) in [7, 11) is 1.33. The van der Waals surface area contributed by atoms with Crippen molar-refractivity contribution in [2.75, 3.05) is 20.3 Å². The Kier molecular flexibility index (Phi) is 9.39. The number of aliphatic hydroxyl groups is 1. The molecule has 150 valence electrons. The van der Waals surface area contributed by atoms with Gasteiger partial charge in [0.15, 0.2) is 0 Å². The standard InChI is InChI=1S/C22H32O5/c1-7-20(24)12-19-11-18(10-17(9-14(3)23)13-27-8-2)15(4)16(5)21(19)22(25)26-6/h10-11,14,17,23H,4,7-9,12-13H2,1-3,5-6H3/b18-10-. The molecule has 0 saturated carbocycles. The zero-order chi connectivity index (χ0) is 20.6. The second kappa shape index (κ2) is 11.0. The van der Waals surface area contributed by atoms with Crippen LogP contribution in [0.15, 0.2) is 6.07 Å². The SMILES string of the molecule is C=c1c(C)c(C(=O)OC)c(CC(=O)CC)c/c1=C/C(COCC)CC(C)O. The fourth-order valence-corrected chi connectivity index (χ4v) is 3.11. The predicted molar refractivity (Wildman–Crippen MR) is 107 cm³/mol. The van der Waals surface area contributed by atoms with E-state index in [0.29, 0.717) is 42.7 Å². The Morgan fingerprint density at radius 3 is 2.52 bits per heavy atom. The molecule has 0 aliphatic rings. The molecule has 0 aromatic heterocycles. The zero-order valence-electron chi connectivity index (χ0n) is 17.1. The van der Waals surface area contributed by atoms with E-state index in [1.165, 1.54) is 7.11 Å². The van der Waals surface area contributed by atoms with Crippen molar-refractivity contribution in [3.63, 3.8) is 0 Å². The topological polar surface area (TPSA) is 72.8 Å². The minimum atomic E-state index is -0.462. The van der Waals surface area contributed by atoms with Crippen molar-refractivity contribution in [3.8, 4) is 0 Å². The first kappa shape index (κ1) is 23.1. The lowest BCUT2D eigenvalue weighted by Crippen LogP contribution is -2.32. The third-order valence-electron chi connectivity index (χ3n) is 4.59. The second-order valence-corrected chi connectivity index (χ2v) is 6.83. The second-order valence-electron chi connectivity index (χ2n) is 6.83. The normalized spacial score (nSPS) is 14.1. The summed E-state index contributed by atoms with van der Waals surface area (Å²) in [5, 5.41) is 11.4. The quantitative estimate of drug-likeness (QED) is 0.632. The molecule has 0 spiro atoms. The Bertz CT molecular complexity index is 764. The van der Waals surface area contributed by atoms with Gasteiger partial charge in [-0.3, -0.25) is 4.79 Å². The van der Waals surface area contributed by atoms with E-state index in [1.807, 2.05) is 26.0 Å². The van der Waals surface area contributed by atoms with Gasteiger partial charge >= 0.3 is 5.97 Å². The highest BCUT2D eigenvalue weighted by Crippen LogP contribution is 2.14. The number of methoxy groups -OCH3 is 1. The molecule has 27 heavy (non-hydrogen) atoms. The lowest BCUT2D eigenvalue weighted by Gasteiger charge is -2.16. The first-order chi connectivity index (χ1) is 12.7. The highest BCUT2D eigenvalue weighted by Gasteiger charge is 2.18. The number of ether oxygens (including phenoxy) is 2. The molecule has 5 heteroatoms. The van der Waals surface area contributed by atoms with E-state index in [9.17, 15) is 14.7 Å². The van der Waals surface area contributed by atoms with Crippen LogP contribution in [-0.2, 0) is 20.7 Å². The Labute approximate surface area is 161 Å². The van der Waals surface area contributed by atoms with E-state index < -0.39 is 12.1 Å². The van der Waals surface area contributed by atoms with Gasteiger partial charge in [0.05, 0.1) is 25.4 Å². The number of aliphatic hydroxyl groups excluding tert-OH is 1. The summed E-state index contributed by atoms with van der Waals surface area (Å²) in [6.07, 6.45) is 2.69. The summed E-state index contributed by atoms with van der Waals surface area (Å²) in [5.41, 5.74) is 1.78. The molecule has 0 aliphatic carbocycles. The lowest BCUT2D eigenvalue weighted by atomic mass is 9.92. The maximum atomic E-state index is 12.3. The Morgan fingerprint density at radius 2 is 2.00 bits per heavy atom. The molecule has 1 N–H and O–H groups in total. The van der Waals surface area contributed by atoms with Crippen molar-refractivity contribution >= 4 is 24.4 Å². The van der Waals surface area contributed by atoms with Crippen molar-refractivity contribution in [1.29, 1.82) is 0 Å². The molecule has 1 aromatic carbocycles. The number of ketones is 1. The van der Waals surface area contributed by atoms with Crippen LogP contribution in [0.5, 0.6) is 0 Å². The average molecular weight is 376 g/mol. The Morgan fingerprint density at radius 1 is 1.33 bits per heavy atom. The fraction of sp³-hybridized carbons (Fsp3) is 0.545. The van der Waals surface area contributed by atoms with Gasteiger partial charge in [-0.25, -0.2) is 4.79 Å². The van der Waals surface area contributed by atoms with Crippen molar-refractivity contribution in [1.82, 2.24) is 0 Å². The Hall–Kier alpha value is -1.98. The molecule has 0 aliphatic heterocycles. The van der Waals surface area contributed by atoms with Crippen molar-refractivity contribution in [2.24, 2.45) is 5.92 Å². The van der Waals surface area contributed by atoms with Gasteiger partial charge in [0.1, 0.15) is 5.78 Å². The van der Waals surface area contributed by atoms with Gasteiger partial charge in [-0.1, -0.05) is 25.6 Å². The third kappa shape index (κ3) is 6.60. The van der Waals surface area contributed by atoms with Crippen molar-refractivity contribution < 1.29 is 24.2 Å². The van der Waals surface area contributed by atoms with Gasteiger partial charge in [-0.2, -0.15) is 0 Å². The molecule has 2 unspecified atom stereocenters. The number of rotatable bonds is 10. The van der Waals surface area contributed by atoms with Gasteiger partial charge in [0.25, 0.3) is 0 Å². The minimum absolute atomic E-state index is 0.00329. The predicted octanol–water partition coefficient (Wildman–Crippen LogP) is 1.92.